The number of anilines is 1. The lowest BCUT2D eigenvalue weighted by Crippen LogP contribution is -2.22. The Hall–Kier alpha value is -3.21. The Morgan fingerprint density at radius 1 is 1.14 bits per heavy atom. The summed E-state index contributed by atoms with van der Waals surface area (Å²) in [5.74, 6) is -0.603. The highest BCUT2D eigenvalue weighted by molar-refractivity contribution is 7.38. The molecule has 0 spiro atoms. The number of rotatable bonds is 6. The Morgan fingerprint density at radius 2 is 1.93 bits per heavy atom. The highest BCUT2D eigenvalue weighted by Gasteiger charge is 2.32. The van der Waals surface area contributed by atoms with Crippen LogP contribution in [0.3, 0.4) is 0 Å². The summed E-state index contributed by atoms with van der Waals surface area (Å²) >= 11 is 0. The number of amides is 1. The van der Waals surface area contributed by atoms with E-state index in [2.05, 4.69) is 5.32 Å². The molecule has 1 aromatic heterocycles. The van der Waals surface area contributed by atoms with Gasteiger partial charge < -0.3 is 14.5 Å². The predicted molar refractivity (Wildman–Crippen MR) is 113 cm³/mol. The third-order valence-electron chi connectivity index (χ3n) is 4.86. The van der Waals surface area contributed by atoms with Gasteiger partial charge in [-0.1, -0.05) is 30.3 Å². The third kappa shape index (κ3) is 3.99. The van der Waals surface area contributed by atoms with E-state index in [9.17, 15) is 14.3 Å². The predicted octanol–water partition coefficient (Wildman–Crippen LogP) is 5.05. The van der Waals surface area contributed by atoms with Crippen LogP contribution in [0.2, 0.25) is 0 Å². The van der Waals surface area contributed by atoms with E-state index in [1.165, 1.54) is 6.26 Å². The molecule has 0 saturated heterocycles. The van der Waals surface area contributed by atoms with Crippen LogP contribution in [0.4, 0.5) is 5.69 Å². The van der Waals surface area contributed by atoms with Crippen LogP contribution < -0.4 is 10.1 Å². The molecule has 2 atom stereocenters. The highest BCUT2D eigenvalue weighted by atomic mass is 31.1. The smallest absolute Gasteiger partial charge is 0.497 e. The second-order valence-electron chi connectivity index (χ2n) is 6.69. The maximum Gasteiger partial charge on any atom is 0.506 e. The van der Waals surface area contributed by atoms with Gasteiger partial charge in [0.15, 0.2) is 6.16 Å². The molecule has 0 radical (unpaired) electrons. The van der Waals surface area contributed by atoms with Gasteiger partial charge in [-0.3, -0.25) is 4.79 Å². The Bertz CT molecular complexity index is 1220. The molecule has 1 amide bonds. The van der Waals surface area contributed by atoms with Crippen molar-refractivity contribution in [3.63, 3.8) is 0 Å². The minimum atomic E-state index is -2.53. The average Bonchev–Trinajstić information content (AvgIpc) is 3.14. The highest BCUT2D eigenvalue weighted by Crippen LogP contribution is 2.35. The van der Waals surface area contributed by atoms with Crippen LogP contribution in [-0.4, -0.2) is 24.1 Å². The Balaban J connectivity index is 1.69. The molecule has 0 bridgehead atoms. The monoisotopic (exact) mass is 408 g/mol. The van der Waals surface area contributed by atoms with Crippen molar-refractivity contribution >= 4 is 41.4 Å². The zero-order chi connectivity index (χ0) is 20.4. The van der Waals surface area contributed by atoms with Gasteiger partial charge in [0.1, 0.15) is 17.3 Å². The second-order valence-corrected chi connectivity index (χ2v) is 7.76. The molecule has 4 rings (SSSR count). The van der Waals surface area contributed by atoms with Crippen LogP contribution in [0.5, 0.6) is 5.75 Å². The van der Waals surface area contributed by atoms with Gasteiger partial charge in [-0.25, -0.2) is 0 Å². The van der Waals surface area contributed by atoms with Crippen molar-refractivity contribution < 1.29 is 23.4 Å². The molecule has 4 aromatic rings. The first-order valence-corrected chi connectivity index (χ1v) is 10.4. The summed E-state index contributed by atoms with van der Waals surface area (Å²) in [4.78, 5) is 22.6. The minimum Gasteiger partial charge on any atom is -0.497 e. The van der Waals surface area contributed by atoms with Crippen molar-refractivity contribution in [2.75, 3.05) is 18.6 Å². The molecule has 0 aliphatic heterocycles. The molecule has 29 heavy (non-hydrogen) atoms. The maximum atomic E-state index is 13.1. The first kappa shape index (κ1) is 19.1. The molecule has 2 unspecified atom stereocenters. The van der Waals surface area contributed by atoms with Crippen molar-refractivity contribution in [1.29, 1.82) is 0 Å². The number of benzene rings is 3. The van der Waals surface area contributed by atoms with Crippen LogP contribution in [0, 0.1) is 0 Å². The number of ether oxygens (including phenoxy) is 1. The van der Waals surface area contributed by atoms with E-state index in [0.717, 1.165) is 10.8 Å². The number of nitrogens with one attached hydrogen (secondary N) is 1. The lowest BCUT2D eigenvalue weighted by molar-refractivity contribution is -0.117. The van der Waals surface area contributed by atoms with Gasteiger partial charge in [-0.05, 0) is 45.7 Å². The Labute approximate surface area is 168 Å². The molecule has 3 aromatic carbocycles. The molecule has 1 heterocycles. The van der Waals surface area contributed by atoms with E-state index in [4.69, 9.17) is 9.15 Å². The summed E-state index contributed by atoms with van der Waals surface area (Å²) < 4.78 is 22.4. The van der Waals surface area contributed by atoms with Gasteiger partial charge in [-0.15, -0.1) is 0 Å². The summed E-state index contributed by atoms with van der Waals surface area (Å²) in [5, 5.41) is 5.61. The zero-order valence-electron chi connectivity index (χ0n) is 15.7. The lowest BCUT2D eigenvalue weighted by Gasteiger charge is -2.12. The van der Waals surface area contributed by atoms with Gasteiger partial charge in [0.2, 0.25) is 5.91 Å². The molecular weight excluding hydrogens is 389 g/mol. The number of hydrogen-bond donors (Lipinski definition) is 2. The summed E-state index contributed by atoms with van der Waals surface area (Å²) in [5.41, 5.74) is 1.75. The standard InChI is InChI=1S/C22H18NO5P/c1-27-17-8-9-21-18(11-17)19(12-28-21)20(13-29(25)26)22(24)23-16-7-6-14-4-2-3-5-15(14)10-16/h2-12,20H,13H2,1H3,(H-,23,24,25,26)/p+1. The first-order valence-electron chi connectivity index (χ1n) is 9.03. The fourth-order valence-electron chi connectivity index (χ4n) is 3.40. The molecule has 0 saturated carbocycles. The normalized spacial score (nSPS) is 12.7. The van der Waals surface area contributed by atoms with Crippen molar-refractivity contribution in [3.05, 3.63) is 72.5 Å². The van der Waals surface area contributed by atoms with Gasteiger partial charge in [-0.2, -0.15) is 4.89 Å². The summed E-state index contributed by atoms with van der Waals surface area (Å²) in [7, 11) is -0.979. The number of methoxy groups -OCH3 is 1. The van der Waals surface area contributed by atoms with E-state index >= 15 is 0 Å². The van der Waals surface area contributed by atoms with Gasteiger partial charge in [0, 0.05) is 16.6 Å². The van der Waals surface area contributed by atoms with Gasteiger partial charge in [0.25, 0.3) is 0 Å². The number of carbonyl (C=O) groups excluding carboxylic acids is 1. The zero-order valence-corrected chi connectivity index (χ0v) is 16.6. The Kier molecular flexibility index (Phi) is 5.30. The fourth-order valence-corrected chi connectivity index (χ4v) is 4.07. The molecule has 0 aliphatic carbocycles. The van der Waals surface area contributed by atoms with E-state index in [-0.39, 0.29) is 12.1 Å². The van der Waals surface area contributed by atoms with Crippen LogP contribution in [-0.2, 0) is 9.36 Å². The van der Waals surface area contributed by atoms with Crippen molar-refractivity contribution in [2.45, 2.75) is 5.92 Å². The van der Waals surface area contributed by atoms with Crippen molar-refractivity contribution in [1.82, 2.24) is 0 Å². The van der Waals surface area contributed by atoms with E-state index in [1.807, 2.05) is 42.5 Å². The summed E-state index contributed by atoms with van der Waals surface area (Å²) in [6.45, 7) is 0. The number of furan rings is 1. The van der Waals surface area contributed by atoms with Crippen LogP contribution in [0.1, 0.15) is 11.5 Å². The largest absolute Gasteiger partial charge is 0.506 e. The van der Waals surface area contributed by atoms with Crippen LogP contribution in [0.15, 0.2) is 71.3 Å². The Morgan fingerprint density at radius 3 is 2.69 bits per heavy atom. The molecule has 146 valence electrons. The molecule has 6 nitrogen and oxygen atoms in total. The molecule has 7 heteroatoms. The molecule has 0 aliphatic rings. The van der Waals surface area contributed by atoms with E-state index in [1.54, 1.807) is 25.3 Å². The number of fused-ring (bicyclic) bond motifs is 2. The van der Waals surface area contributed by atoms with Crippen molar-refractivity contribution in [2.24, 2.45) is 0 Å². The van der Waals surface area contributed by atoms with Crippen molar-refractivity contribution in [3.8, 4) is 5.75 Å². The van der Waals surface area contributed by atoms with E-state index in [0.29, 0.717) is 28.0 Å². The lowest BCUT2D eigenvalue weighted by atomic mass is 9.99. The minimum absolute atomic E-state index is 0.208. The van der Waals surface area contributed by atoms with E-state index < -0.39 is 13.9 Å². The number of hydrogen-bond acceptors (Lipinski definition) is 4. The number of carbonyl (C=O) groups is 1. The van der Waals surface area contributed by atoms with Crippen LogP contribution in [0.25, 0.3) is 21.7 Å². The first-order chi connectivity index (χ1) is 14.0. The van der Waals surface area contributed by atoms with Crippen LogP contribution >= 0.6 is 8.03 Å². The van der Waals surface area contributed by atoms with Gasteiger partial charge in [0.05, 0.1) is 13.4 Å². The molecular formula is C22H19NO5P+. The quantitative estimate of drug-likeness (QED) is 0.436. The SMILES string of the molecule is COc1ccc2occ(C(C[P+](=O)O)C(=O)Nc3ccc4ccccc4c3)c2c1. The third-order valence-corrected chi connectivity index (χ3v) is 5.54. The fraction of sp³-hybridized carbons (Fsp3) is 0.136. The summed E-state index contributed by atoms with van der Waals surface area (Å²) in [6, 6.07) is 18.7. The second kappa shape index (κ2) is 8.03. The topological polar surface area (TPSA) is 88.8 Å². The molecule has 2 N–H and O–H groups in total. The van der Waals surface area contributed by atoms with Gasteiger partial charge >= 0.3 is 8.03 Å². The molecule has 0 fully saturated rings. The maximum absolute atomic E-state index is 13.1. The average molecular weight is 408 g/mol. The summed E-state index contributed by atoms with van der Waals surface area (Å²) in [6.07, 6.45) is 1.26.